The van der Waals surface area contributed by atoms with Gasteiger partial charge in [0.2, 0.25) is 0 Å². The Morgan fingerprint density at radius 1 is 1.30 bits per heavy atom. The van der Waals surface area contributed by atoms with Crippen molar-refractivity contribution in [2.24, 2.45) is 0 Å². The molecule has 0 amide bonds. The van der Waals surface area contributed by atoms with Gasteiger partial charge in [-0.1, -0.05) is 6.07 Å². The molecule has 1 aliphatic rings. The molecule has 2 aromatic rings. The molecule has 0 bridgehead atoms. The van der Waals surface area contributed by atoms with Crippen LogP contribution in [0.15, 0.2) is 29.1 Å². The maximum absolute atomic E-state index is 13.3. The number of hydrogen-bond donors (Lipinski definition) is 0. The average Bonchev–Trinajstić information content (AvgIpc) is 2.84. The van der Waals surface area contributed by atoms with Crippen molar-refractivity contribution < 1.29 is 13.2 Å². The zero-order chi connectivity index (χ0) is 16.8. The van der Waals surface area contributed by atoms with Gasteiger partial charge in [0.15, 0.2) is 0 Å². The maximum Gasteiger partial charge on any atom is 0.417 e. The van der Waals surface area contributed by atoms with Crippen molar-refractivity contribution in [2.45, 2.75) is 32.0 Å². The second kappa shape index (κ2) is 5.60. The van der Waals surface area contributed by atoms with Gasteiger partial charge in [0.25, 0.3) is 5.56 Å². The Hall–Kier alpha value is -1.95. The number of nitrogens with zero attached hydrogens (tertiary/aromatic N) is 2. The average molecular weight is 322 g/mol. The minimum Gasteiger partial charge on any atom is -0.299 e. The fourth-order valence-corrected chi connectivity index (χ4v) is 3.28. The molecule has 1 aromatic carbocycles. The van der Waals surface area contributed by atoms with Gasteiger partial charge in [-0.15, -0.1) is 0 Å². The molecule has 3 rings (SSSR count). The summed E-state index contributed by atoms with van der Waals surface area (Å²) in [5.41, 5.74) is -0.0591. The number of aromatic nitrogens is 1. The minimum absolute atomic E-state index is 0.0134. The van der Waals surface area contributed by atoms with Gasteiger partial charge in [-0.25, -0.2) is 4.98 Å². The van der Waals surface area contributed by atoms with E-state index in [1.54, 1.807) is 6.92 Å². The van der Waals surface area contributed by atoms with E-state index in [-0.39, 0.29) is 16.9 Å². The maximum atomic E-state index is 13.3. The fourth-order valence-electron chi connectivity index (χ4n) is 3.28. The summed E-state index contributed by atoms with van der Waals surface area (Å²) in [6, 6.07) is 5.24. The lowest BCUT2D eigenvalue weighted by Crippen LogP contribution is -2.20. The molecule has 23 heavy (non-hydrogen) atoms. The van der Waals surface area contributed by atoms with Crippen LogP contribution in [0, 0.1) is 6.92 Å². The Morgan fingerprint density at radius 3 is 2.65 bits per heavy atom. The molecule has 122 valence electrons. The van der Waals surface area contributed by atoms with E-state index in [1.807, 2.05) is 7.05 Å². The Bertz CT molecular complexity index is 817. The molecule has 3 nitrogen and oxygen atoms in total. The van der Waals surface area contributed by atoms with Crippen LogP contribution >= 0.6 is 0 Å². The van der Waals surface area contributed by atoms with E-state index < -0.39 is 17.3 Å². The number of halogens is 3. The molecule has 1 fully saturated rings. The summed E-state index contributed by atoms with van der Waals surface area (Å²) in [6.45, 7) is 2.51. The highest BCUT2D eigenvalue weighted by Crippen LogP contribution is 2.37. The molecular weight excluding hydrogens is 305 g/mol. The normalized spacial score (nSPS) is 19.4. The summed E-state index contributed by atoms with van der Waals surface area (Å²) in [5, 5.41) is -0.0134. The summed E-state index contributed by atoms with van der Waals surface area (Å²) in [6.07, 6.45) is -2.69. The smallest absolute Gasteiger partial charge is 0.299 e. The van der Waals surface area contributed by atoms with Gasteiger partial charge in [0.1, 0.15) is 0 Å². The van der Waals surface area contributed by atoms with Crippen LogP contribution in [-0.2, 0) is 6.18 Å². The molecule has 0 N–H and O–H groups in total. The van der Waals surface area contributed by atoms with Crippen molar-refractivity contribution in [2.75, 3.05) is 13.6 Å². The summed E-state index contributed by atoms with van der Waals surface area (Å²) >= 11 is 0. The van der Waals surface area contributed by atoms with Crippen LogP contribution in [0.5, 0.6) is 0 Å². The number of alkyl halides is 3. The van der Waals surface area contributed by atoms with Crippen LogP contribution in [0.4, 0.5) is 13.2 Å². The minimum atomic E-state index is -4.48. The van der Waals surface area contributed by atoms with Gasteiger partial charge in [-0.05, 0) is 57.1 Å². The summed E-state index contributed by atoms with van der Waals surface area (Å²) in [5.74, 6) is 0. The van der Waals surface area contributed by atoms with Crippen molar-refractivity contribution in [3.63, 3.8) is 0 Å². The predicted octanol–water partition coefficient (Wildman–Crippen LogP) is 3.69. The molecule has 1 saturated heterocycles. The number of hydrogen-bond acceptors (Lipinski definition) is 3. The van der Waals surface area contributed by atoms with Crippen LogP contribution < -0.4 is 5.56 Å². The van der Waals surface area contributed by atoms with Crippen LogP contribution in [0.25, 0.3) is 10.9 Å². The van der Waals surface area contributed by atoms with Gasteiger partial charge in [-0.2, -0.15) is 13.2 Å². The molecule has 0 aliphatic carbocycles. The quantitative estimate of drug-likeness (QED) is 0.803. The number of rotatable bonds is 1. The van der Waals surface area contributed by atoms with Crippen LogP contribution in [-0.4, -0.2) is 23.5 Å². The van der Waals surface area contributed by atoms with Gasteiger partial charge in [0, 0.05) is 17.0 Å². The highest BCUT2D eigenvalue weighted by atomic mass is 19.4. The van der Waals surface area contributed by atoms with Gasteiger partial charge < -0.3 is 0 Å². The highest BCUT2D eigenvalue weighted by molar-refractivity contribution is 5.83. The molecule has 2 heterocycles. The highest BCUT2D eigenvalue weighted by Gasteiger charge is 2.33. The first-order valence-electron chi connectivity index (χ1n) is 7.51. The third-order valence-electron chi connectivity index (χ3n) is 4.54. The van der Waals surface area contributed by atoms with Crippen molar-refractivity contribution in [1.82, 2.24) is 9.88 Å². The first kappa shape index (κ1) is 15.9. The van der Waals surface area contributed by atoms with E-state index in [9.17, 15) is 18.0 Å². The van der Waals surface area contributed by atoms with E-state index in [2.05, 4.69) is 9.88 Å². The standard InChI is InChI=1S/C17H17F3N2O/c1-10-11(15-7-4-8-22(15)2)9-12-13(17(18,19)20)5-3-6-14(12)21-16(10)23/h3,5-6,9,15H,4,7-8H2,1-2H3. The van der Waals surface area contributed by atoms with Crippen molar-refractivity contribution >= 4 is 10.9 Å². The molecule has 0 saturated carbocycles. The SMILES string of the molecule is Cc1c(C2CCCN2C)cc2c(C(F)(F)F)cccc2nc1=O. The van der Waals surface area contributed by atoms with E-state index in [4.69, 9.17) is 0 Å². The molecule has 1 aliphatic heterocycles. The molecule has 0 radical (unpaired) electrons. The van der Waals surface area contributed by atoms with Gasteiger partial charge >= 0.3 is 6.18 Å². The molecule has 0 spiro atoms. The molecule has 6 heteroatoms. The number of fused-ring (bicyclic) bond motifs is 1. The zero-order valence-corrected chi connectivity index (χ0v) is 12.9. The summed E-state index contributed by atoms with van der Waals surface area (Å²) < 4.78 is 39.9. The van der Waals surface area contributed by atoms with Crippen molar-refractivity contribution in [3.8, 4) is 0 Å². The summed E-state index contributed by atoms with van der Waals surface area (Å²) in [4.78, 5) is 18.2. The Kier molecular flexibility index (Phi) is 3.88. The van der Waals surface area contributed by atoms with E-state index in [0.29, 0.717) is 11.1 Å². The molecule has 1 unspecified atom stereocenters. The second-order valence-electron chi connectivity index (χ2n) is 6.02. The Labute approximate surface area is 131 Å². The fraction of sp³-hybridized carbons (Fsp3) is 0.412. The van der Waals surface area contributed by atoms with Crippen molar-refractivity contribution in [1.29, 1.82) is 0 Å². The largest absolute Gasteiger partial charge is 0.417 e. The lowest BCUT2D eigenvalue weighted by molar-refractivity contribution is -0.136. The van der Waals surface area contributed by atoms with Gasteiger partial charge in [0.05, 0.1) is 11.1 Å². The predicted molar refractivity (Wildman–Crippen MR) is 82.4 cm³/mol. The molecule has 1 aromatic heterocycles. The third-order valence-corrected chi connectivity index (χ3v) is 4.54. The topological polar surface area (TPSA) is 33.2 Å². The second-order valence-corrected chi connectivity index (χ2v) is 6.02. The Morgan fingerprint density at radius 2 is 2.04 bits per heavy atom. The molecule has 1 atom stereocenters. The summed E-state index contributed by atoms with van der Waals surface area (Å²) in [7, 11) is 1.93. The van der Waals surface area contributed by atoms with E-state index in [1.165, 1.54) is 18.2 Å². The van der Waals surface area contributed by atoms with Gasteiger partial charge in [-0.3, -0.25) is 9.69 Å². The lowest BCUT2D eigenvalue weighted by atomic mass is 9.99. The van der Waals surface area contributed by atoms with E-state index >= 15 is 0 Å². The monoisotopic (exact) mass is 322 g/mol. The van der Waals surface area contributed by atoms with Crippen LogP contribution in [0.1, 0.15) is 35.6 Å². The Balaban J connectivity index is 2.37. The first-order chi connectivity index (χ1) is 10.8. The number of likely N-dealkylation sites (tertiary alicyclic amines) is 1. The zero-order valence-electron chi connectivity index (χ0n) is 12.9. The van der Waals surface area contributed by atoms with Crippen molar-refractivity contribution in [3.05, 3.63) is 51.3 Å². The van der Waals surface area contributed by atoms with Crippen LogP contribution in [0.2, 0.25) is 0 Å². The third kappa shape index (κ3) is 2.83. The lowest BCUT2D eigenvalue weighted by Gasteiger charge is -2.20. The number of benzene rings is 1. The molecular formula is C17H17F3N2O. The van der Waals surface area contributed by atoms with E-state index in [0.717, 1.165) is 25.5 Å². The first-order valence-corrected chi connectivity index (χ1v) is 7.51. The van der Waals surface area contributed by atoms with Crippen LogP contribution in [0.3, 0.4) is 0 Å².